The van der Waals surface area contributed by atoms with Crippen LogP contribution in [0.3, 0.4) is 0 Å². The molecule has 0 unspecified atom stereocenters. The van der Waals surface area contributed by atoms with Crippen molar-refractivity contribution in [1.82, 2.24) is 9.78 Å². The summed E-state index contributed by atoms with van der Waals surface area (Å²) in [5.41, 5.74) is 1.74. The monoisotopic (exact) mass is 325 g/mol. The van der Waals surface area contributed by atoms with Gasteiger partial charge in [-0.25, -0.2) is 0 Å². The molecule has 0 radical (unpaired) electrons. The van der Waals surface area contributed by atoms with Crippen LogP contribution in [-0.4, -0.2) is 28.6 Å². The van der Waals surface area contributed by atoms with E-state index in [1.165, 1.54) is 0 Å². The third-order valence-electron chi connectivity index (χ3n) is 2.71. The smallest absolute Gasteiger partial charge is 0.134 e. The minimum atomic E-state index is 0.266. The number of phenols is 1. The summed E-state index contributed by atoms with van der Waals surface area (Å²) in [5.74, 6) is 0.266. The molecule has 1 aromatic carbocycles. The van der Waals surface area contributed by atoms with E-state index in [9.17, 15) is 5.11 Å². The number of benzene rings is 1. The molecule has 0 bridgehead atoms. The van der Waals surface area contributed by atoms with Gasteiger partial charge in [0.25, 0.3) is 0 Å². The Balaban J connectivity index is 1.95. The average Bonchev–Trinajstić information content (AvgIpc) is 2.86. The zero-order valence-electron chi connectivity index (χ0n) is 10.6. The Morgan fingerprint density at radius 1 is 1.47 bits per heavy atom. The molecule has 2 aromatic rings. The zero-order valence-corrected chi connectivity index (χ0v) is 12.2. The number of hydrogen-bond donors (Lipinski definition) is 2. The van der Waals surface area contributed by atoms with Gasteiger partial charge >= 0.3 is 0 Å². The van der Waals surface area contributed by atoms with Gasteiger partial charge in [0.15, 0.2) is 0 Å². The fourth-order valence-corrected chi connectivity index (χ4v) is 2.07. The highest BCUT2D eigenvalue weighted by Crippen LogP contribution is 2.27. The molecule has 5 nitrogen and oxygen atoms in total. The van der Waals surface area contributed by atoms with Gasteiger partial charge in [-0.3, -0.25) is 4.68 Å². The van der Waals surface area contributed by atoms with E-state index in [1.807, 2.05) is 29.1 Å². The largest absolute Gasteiger partial charge is 0.506 e. The van der Waals surface area contributed by atoms with E-state index >= 15 is 0 Å². The molecule has 0 atom stereocenters. The molecule has 1 aromatic heterocycles. The lowest BCUT2D eigenvalue weighted by Crippen LogP contribution is -2.04. The number of aromatic hydroxyl groups is 1. The molecule has 1 heterocycles. The Kier molecular flexibility index (Phi) is 4.81. The SMILES string of the molecule is COCCn1cc(NCc2cccc(Br)c2O)cn1. The summed E-state index contributed by atoms with van der Waals surface area (Å²) >= 11 is 3.30. The van der Waals surface area contributed by atoms with Crippen LogP contribution in [0, 0.1) is 0 Å². The second kappa shape index (κ2) is 6.58. The van der Waals surface area contributed by atoms with Crippen LogP contribution in [0.4, 0.5) is 5.69 Å². The zero-order chi connectivity index (χ0) is 13.7. The highest BCUT2D eigenvalue weighted by atomic mass is 79.9. The summed E-state index contributed by atoms with van der Waals surface area (Å²) in [6.07, 6.45) is 3.67. The van der Waals surface area contributed by atoms with Crippen LogP contribution in [0.15, 0.2) is 35.1 Å². The van der Waals surface area contributed by atoms with Crippen molar-refractivity contribution in [1.29, 1.82) is 0 Å². The molecule has 2 rings (SSSR count). The van der Waals surface area contributed by atoms with Gasteiger partial charge in [-0.1, -0.05) is 12.1 Å². The molecule has 0 fully saturated rings. The summed E-state index contributed by atoms with van der Waals surface area (Å²) in [6, 6.07) is 5.58. The predicted octanol–water partition coefficient (Wildman–Crippen LogP) is 2.61. The molecule has 19 heavy (non-hydrogen) atoms. The summed E-state index contributed by atoms with van der Waals surface area (Å²) in [7, 11) is 1.67. The van der Waals surface area contributed by atoms with Gasteiger partial charge in [0, 0.05) is 25.4 Å². The molecule has 0 spiro atoms. The first kappa shape index (κ1) is 13.9. The second-order valence-electron chi connectivity index (χ2n) is 4.09. The van der Waals surface area contributed by atoms with Crippen LogP contribution in [-0.2, 0) is 17.8 Å². The Morgan fingerprint density at radius 3 is 3.11 bits per heavy atom. The van der Waals surface area contributed by atoms with Gasteiger partial charge in [-0.05, 0) is 22.0 Å². The predicted molar refractivity (Wildman–Crippen MR) is 77.2 cm³/mol. The molecule has 0 aliphatic carbocycles. The van der Waals surface area contributed by atoms with Crippen molar-refractivity contribution in [3.05, 3.63) is 40.6 Å². The number of nitrogens with one attached hydrogen (secondary N) is 1. The third-order valence-corrected chi connectivity index (χ3v) is 3.35. The van der Waals surface area contributed by atoms with Crippen molar-refractivity contribution in [2.45, 2.75) is 13.1 Å². The number of nitrogens with zero attached hydrogens (tertiary/aromatic N) is 2. The number of aromatic nitrogens is 2. The minimum Gasteiger partial charge on any atom is -0.506 e. The standard InChI is InChI=1S/C13H16BrN3O2/c1-19-6-5-17-9-11(8-16-17)15-7-10-3-2-4-12(14)13(10)18/h2-4,8-9,15,18H,5-7H2,1H3. The Morgan fingerprint density at radius 2 is 2.32 bits per heavy atom. The fourth-order valence-electron chi connectivity index (χ4n) is 1.66. The van der Waals surface area contributed by atoms with Crippen molar-refractivity contribution in [2.24, 2.45) is 0 Å². The summed E-state index contributed by atoms with van der Waals surface area (Å²) in [5, 5.41) is 17.3. The molecule has 0 saturated heterocycles. The molecule has 0 amide bonds. The van der Waals surface area contributed by atoms with Crippen molar-refractivity contribution < 1.29 is 9.84 Å². The number of hydrogen-bond acceptors (Lipinski definition) is 4. The first-order valence-electron chi connectivity index (χ1n) is 5.92. The number of ether oxygens (including phenoxy) is 1. The molecular weight excluding hydrogens is 310 g/mol. The van der Waals surface area contributed by atoms with Crippen molar-refractivity contribution in [3.8, 4) is 5.75 Å². The van der Waals surface area contributed by atoms with Gasteiger partial charge < -0.3 is 15.2 Å². The number of halogens is 1. The first-order chi connectivity index (χ1) is 9.20. The maximum absolute atomic E-state index is 9.87. The van der Waals surface area contributed by atoms with E-state index in [2.05, 4.69) is 26.3 Å². The summed E-state index contributed by atoms with van der Waals surface area (Å²) in [4.78, 5) is 0. The maximum atomic E-state index is 9.87. The number of anilines is 1. The number of rotatable bonds is 6. The summed E-state index contributed by atoms with van der Waals surface area (Å²) < 4.78 is 7.50. The van der Waals surface area contributed by atoms with E-state index in [-0.39, 0.29) is 5.75 Å². The Bertz CT molecular complexity index is 542. The molecule has 6 heteroatoms. The van der Waals surface area contributed by atoms with Crippen LogP contribution >= 0.6 is 15.9 Å². The van der Waals surface area contributed by atoms with Crippen LogP contribution in [0.2, 0.25) is 0 Å². The van der Waals surface area contributed by atoms with Gasteiger partial charge in [-0.2, -0.15) is 5.10 Å². The Labute approximate surface area is 120 Å². The van der Waals surface area contributed by atoms with Crippen LogP contribution in [0.25, 0.3) is 0 Å². The van der Waals surface area contributed by atoms with Gasteiger partial charge in [0.05, 0.1) is 29.5 Å². The summed E-state index contributed by atoms with van der Waals surface area (Å²) in [6.45, 7) is 1.90. The van der Waals surface area contributed by atoms with Gasteiger partial charge in [-0.15, -0.1) is 0 Å². The maximum Gasteiger partial charge on any atom is 0.134 e. The van der Waals surface area contributed by atoms with Crippen molar-refractivity contribution >= 4 is 21.6 Å². The number of phenolic OH excluding ortho intramolecular Hbond substituents is 1. The first-order valence-corrected chi connectivity index (χ1v) is 6.71. The lowest BCUT2D eigenvalue weighted by Gasteiger charge is -2.07. The van der Waals surface area contributed by atoms with E-state index < -0.39 is 0 Å². The highest BCUT2D eigenvalue weighted by Gasteiger charge is 2.05. The molecular formula is C13H16BrN3O2. The van der Waals surface area contributed by atoms with E-state index in [0.717, 1.165) is 17.8 Å². The van der Waals surface area contributed by atoms with Crippen molar-refractivity contribution in [3.63, 3.8) is 0 Å². The van der Waals surface area contributed by atoms with E-state index in [0.29, 0.717) is 17.6 Å². The number of para-hydroxylation sites is 1. The normalized spacial score (nSPS) is 10.6. The molecule has 0 aliphatic rings. The van der Waals surface area contributed by atoms with Crippen LogP contribution in [0.5, 0.6) is 5.75 Å². The van der Waals surface area contributed by atoms with Gasteiger partial charge in [0.1, 0.15) is 5.75 Å². The highest BCUT2D eigenvalue weighted by molar-refractivity contribution is 9.10. The van der Waals surface area contributed by atoms with Crippen molar-refractivity contribution in [2.75, 3.05) is 19.0 Å². The quantitative estimate of drug-likeness (QED) is 0.857. The van der Waals surface area contributed by atoms with E-state index in [1.54, 1.807) is 13.3 Å². The molecule has 102 valence electrons. The van der Waals surface area contributed by atoms with Gasteiger partial charge in [0.2, 0.25) is 0 Å². The Hall–Kier alpha value is -1.53. The minimum absolute atomic E-state index is 0.266. The molecule has 0 saturated carbocycles. The lowest BCUT2D eigenvalue weighted by atomic mass is 10.2. The molecule has 2 N–H and O–H groups in total. The van der Waals surface area contributed by atoms with Crippen LogP contribution in [0.1, 0.15) is 5.56 Å². The topological polar surface area (TPSA) is 59.3 Å². The fraction of sp³-hybridized carbons (Fsp3) is 0.308. The lowest BCUT2D eigenvalue weighted by molar-refractivity contribution is 0.183. The average molecular weight is 326 g/mol. The number of methoxy groups -OCH3 is 1. The van der Waals surface area contributed by atoms with E-state index in [4.69, 9.17) is 4.74 Å². The molecule has 0 aliphatic heterocycles. The van der Waals surface area contributed by atoms with Crippen LogP contribution < -0.4 is 5.32 Å². The third kappa shape index (κ3) is 3.71. The second-order valence-corrected chi connectivity index (χ2v) is 4.94.